The van der Waals surface area contributed by atoms with E-state index in [0.29, 0.717) is 0 Å². The predicted molar refractivity (Wildman–Crippen MR) is 139 cm³/mol. The zero-order valence-electron chi connectivity index (χ0n) is 18.4. The van der Waals surface area contributed by atoms with Crippen LogP contribution < -0.4 is 9.47 Å². The Morgan fingerprint density at radius 1 is 1.00 bits per heavy atom. The Morgan fingerprint density at radius 3 is 2.52 bits per heavy atom. The molecule has 0 atom stereocenters. The van der Waals surface area contributed by atoms with Crippen LogP contribution in [0.3, 0.4) is 0 Å². The fraction of sp³-hybridized carbons (Fsp3) is 0.261. The van der Waals surface area contributed by atoms with Crippen molar-refractivity contribution in [2.24, 2.45) is 0 Å². The first-order chi connectivity index (χ1) is 16.2. The van der Waals surface area contributed by atoms with Crippen molar-refractivity contribution < 1.29 is 4.57 Å². The molecule has 33 heavy (non-hydrogen) atoms. The van der Waals surface area contributed by atoms with Crippen LogP contribution in [-0.4, -0.2) is 52.4 Å². The number of hydrogen-bond donors (Lipinski definition) is 0. The van der Waals surface area contributed by atoms with Crippen LogP contribution >= 0.6 is 23.1 Å². The van der Waals surface area contributed by atoms with Gasteiger partial charge in [0.05, 0.1) is 0 Å². The predicted octanol–water partition coefficient (Wildman–Crippen LogP) is 4.48. The van der Waals surface area contributed by atoms with Gasteiger partial charge < -0.3 is 0 Å². The van der Waals surface area contributed by atoms with Crippen molar-refractivity contribution in [3.63, 3.8) is 0 Å². The third-order valence-electron chi connectivity index (χ3n) is 5.89. The molecule has 0 fully saturated rings. The van der Waals surface area contributed by atoms with Crippen LogP contribution in [0.25, 0.3) is 38.4 Å². The number of anilines is 1. The van der Waals surface area contributed by atoms with Crippen LogP contribution in [0.5, 0.6) is 0 Å². The Bertz CT molecular complexity index is 1580. The standard InChI is InChI=1S/C23H21N6S2Se2/c1-4-13(11-18-28(5-2)22-16(30-18)9-7-14-20(22)26-32-24-14)12-19-29(6-3)23-17(31-19)10-8-15-21(23)27-33-25-15/h7-12H,4-6H2,1-3H3/q+1. The SMILES string of the molecule is CCC(=Cc1sc2ccc3n[se]nc3c2[n+]1CC)C=C1Sc2ccc3n[se]nc3c2N1CC. The van der Waals surface area contributed by atoms with Gasteiger partial charge in [-0.2, -0.15) is 0 Å². The monoisotopic (exact) mass is 605 g/mol. The fourth-order valence-corrected chi connectivity index (χ4v) is 8.95. The summed E-state index contributed by atoms with van der Waals surface area (Å²) in [6.07, 6.45) is 5.68. The maximum absolute atomic E-state index is 4.73. The molecule has 0 saturated heterocycles. The average Bonchev–Trinajstić information content (AvgIpc) is 3.60. The minimum atomic E-state index is -0.0156. The Kier molecular flexibility index (Phi) is 5.77. The molecular weight excluding hydrogens is 582 g/mol. The molecule has 0 saturated carbocycles. The number of hydrogen-bond acceptors (Lipinski definition) is 7. The second-order valence-corrected chi connectivity index (χ2v) is 12.0. The molecule has 0 amide bonds. The van der Waals surface area contributed by atoms with E-state index in [0.717, 1.165) is 41.6 Å². The Balaban J connectivity index is 1.45. The van der Waals surface area contributed by atoms with E-state index in [4.69, 9.17) is 7.96 Å². The normalized spacial score (nSPS) is 15.5. The maximum atomic E-state index is 4.73. The first-order valence-corrected chi connectivity index (χ1v) is 15.6. The van der Waals surface area contributed by atoms with Crippen molar-refractivity contribution in [2.45, 2.75) is 38.6 Å². The quantitative estimate of drug-likeness (QED) is 0.218. The molecule has 166 valence electrons. The van der Waals surface area contributed by atoms with Gasteiger partial charge in [0, 0.05) is 0 Å². The molecular formula is C23H21N6S2Se2+. The van der Waals surface area contributed by atoms with Crippen molar-refractivity contribution in [3.05, 3.63) is 46.0 Å². The molecule has 0 radical (unpaired) electrons. The summed E-state index contributed by atoms with van der Waals surface area (Å²) >= 11 is 3.66. The second kappa shape index (κ2) is 8.76. The summed E-state index contributed by atoms with van der Waals surface area (Å²) in [5, 5.41) is 2.54. The summed E-state index contributed by atoms with van der Waals surface area (Å²) in [6, 6.07) is 8.63. The van der Waals surface area contributed by atoms with Crippen molar-refractivity contribution in [3.8, 4) is 0 Å². The Labute approximate surface area is 212 Å². The van der Waals surface area contributed by atoms with Crippen molar-refractivity contribution in [1.29, 1.82) is 0 Å². The zero-order valence-corrected chi connectivity index (χ0v) is 23.5. The Morgan fingerprint density at radius 2 is 1.76 bits per heavy atom. The van der Waals surface area contributed by atoms with Crippen LogP contribution in [0.15, 0.2) is 45.8 Å². The molecule has 0 unspecified atom stereocenters. The van der Waals surface area contributed by atoms with E-state index in [9.17, 15) is 0 Å². The molecule has 0 N–H and O–H groups in total. The number of benzene rings is 2. The van der Waals surface area contributed by atoms with Crippen molar-refractivity contribution in [1.82, 2.24) is 15.9 Å². The van der Waals surface area contributed by atoms with E-state index in [2.05, 4.69) is 74.6 Å². The fourth-order valence-electron chi connectivity index (χ4n) is 4.29. The van der Waals surface area contributed by atoms with Gasteiger partial charge in [-0.25, -0.2) is 0 Å². The molecule has 2 aromatic carbocycles. The Hall–Kier alpha value is -1.80. The van der Waals surface area contributed by atoms with Crippen molar-refractivity contribution >= 4 is 97.1 Å². The first kappa shape index (κ1) is 21.7. The van der Waals surface area contributed by atoms with Gasteiger partial charge in [-0.05, 0) is 0 Å². The number of rotatable bonds is 5. The molecule has 0 bridgehead atoms. The van der Waals surface area contributed by atoms with Gasteiger partial charge in [0.1, 0.15) is 0 Å². The minimum absolute atomic E-state index is 0.0156. The number of aromatic nitrogens is 5. The average molecular weight is 604 g/mol. The number of aryl methyl sites for hydroxylation is 1. The molecule has 0 spiro atoms. The first-order valence-electron chi connectivity index (χ1n) is 10.9. The molecule has 1 aliphatic heterocycles. The van der Waals surface area contributed by atoms with E-state index in [1.807, 2.05) is 23.1 Å². The summed E-state index contributed by atoms with van der Waals surface area (Å²) in [6.45, 7) is 8.49. The zero-order chi connectivity index (χ0) is 22.5. The van der Waals surface area contributed by atoms with Gasteiger partial charge in [0.15, 0.2) is 0 Å². The topological polar surface area (TPSA) is 58.7 Å². The third-order valence-corrected chi connectivity index (χ3v) is 10.4. The van der Waals surface area contributed by atoms with E-state index in [1.165, 1.54) is 36.4 Å². The molecule has 6 nitrogen and oxygen atoms in total. The summed E-state index contributed by atoms with van der Waals surface area (Å²) < 4.78 is 22.3. The van der Waals surface area contributed by atoms with E-state index >= 15 is 0 Å². The second-order valence-electron chi connectivity index (χ2n) is 7.67. The third kappa shape index (κ3) is 3.55. The summed E-state index contributed by atoms with van der Waals surface area (Å²) in [7, 11) is 0. The van der Waals surface area contributed by atoms with Gasteiger partial charge in [0.2, 0.25) is 0 Å². The van der Waals surface area contributed by atoms with Crippen LogP contribution in [0, 0.1) is 0 Å². The molecule has 1 aliphatic rings. The van der Waals surface area contributed by atoms with E-state index in [-0.39, 0.29) is 29.9 Å². The van der Waals surface area contributed by atoms with Gasteiger partial charge in [-0.1, -0.05) is 0 Å². The van der Waals surface area contributed by atoms with Gasteiger partial charge in [-0.3, -0.25) is 0 Å². The summed E-state index contributed by atoms with van der Waals surface area (Å²) in [5.41, 5.74) is 8.02. The van der Waals surface area contributed by atoms with Crippen LogP contribution in [0.1, 0.15) is 32.2 Å². The summed E-state index contributed by atoms with van der Waals surface area (Å²) in [5.74, 6) is 0. The molecule has 0 aliphatic carbocycles. The van der Waals surface area contributed by atoms with Crippen LogP contribution in [0.2, 0.25) is 0 Å². The van der Waals surface area contributed by atoms with Gasteiger partial charge in [-0.15, -0.1) is 0 Å². The van der Waals surface area contributed by atoms with Crippen LogP contribution in [-0.2, 0) is 6.54 Å². The van der Waals surface area contributed by atoms with E-state index < -0.39 is 0 Å². The molecule has 5 aromatic rings. The van der Waals surface area contributed by atoms with E-state index in [1.54, 1.807) is 0 Å². The molecule has 6 rings (SSSR count). The molecule has 4 heterocycles. The van der Waals surface area contributed by atoms with Crippen LogP contribution in [0.4, 0.5) is 5.69 Å². The summed E-state index contributed by atoms with van der Waals surface area (Å²) in [4.78, 5) is 3.68. The number of thioether (sulfide) groups is 1. The molecule has 10 heteroatoms. The number of allylic oxidation sites excluding steroid dienone is 2. The van der Waals surface area contributed by atoms with Gasteiger partial charge >= 0.3 is 214 Å². The number of fused-ring (bicyclic) bond motifs is 6. The van der Waals surface area contributed by atoms with Crippen molar-refractivity contribution in [2.75, 3.05) is 11.4 Å². The number of nitrogens with zero attached hydrogens (tertiary/aromatic N) is 6. The van der Waals surface area contributed by atoms with Gasteiger partial charge in [0.25, 0.3) is 0 Å². The molecule has 3 aromatic heterocycles. The number of thiazole rings is 1.